The van der Waals surface area contributed by atoms with Gasteiger partial charge in [0.25, 0.3) is 11.8 Å². The van der Waals surface area contributed by atoms with E-state index < -0.39 is 17.8 Å². The first-order valence-electron chi connectivity index (χ1n) is 7.59. The number of rotatable bonds is 3. The van der Waals surface area contributed by atoms with E-state index in [0.29, 0.717) is 27.9 Å². The zero-order valence-electron chi connectivity index (χ0n) is 14.3. The Labute approximate surface area is 154 Å². The maximum absolute atomic E-state index is 12.2. The lowest BCUT2D eigenvalue weighted by molar-refractivity contribution is -0.134. The lowest BCUT2D eigenvalue weighted by Crippen LogP contribution is -2.52. The second kappa shape index (κ2) is 6.68. The molecule has 0 aliphatic carbocycles. The topological polar surface area (TPSA) is 80.1 Å². The van der Waals surface area contributed by atoms with Gasteiger partial charge in [0.1, 0.15) is 22.8 Å². The summed E-state index contributed by atoms with van der Waals surface area (Å²) in [4.78, 5) is 37.9. The average molecular weight is 375 g/mol. The van der Waals surface area contributed by atoms with E-state index >= 15 is 0 Å². The largest absolute Gasteiger partial charge is 0.495 e. The Bertz CT molecular complexity index is 921. The van der Waals surface area contributed by atoms with E-state index in [9.17, 15) is 14.4 Å². The monoisotopic (exact) mass is 374 g/mol. The molecule has 0 N–H and O–H groups in total. The van der Waals surface area contributed by atoms with Crippen LogP contribution < -0.4 is 4.74 Å². The number of carbonyl (C=O) groups is 3. The molecule has 0 unspecified atom stereocenters. The van der Waals surface area contributed by atoms with Gasteiger partial charge in [0.05, 0.1) is 12.1 Å². The Morgan fingerprint density at radius 1 is 1.04 bits per heavy atom. The van der Waals surface area contributed by atoms with Crippen LogP contribution in [0.1, 0.15) is 5.76 Å². The molecule has 1 aromatic carbocycles. The minimum atomic E-state index is -0.677. The molecule has 1 aromatic heterocycles. The van der Waals surface area contributed by atoms with Gasteiger partial charge in [-0.3, -0.25) is 19.4 Å². The molecule has 0 saturated carbocycles. The third-order valence-electron chi connectivity index (χ3n) is 3.99. The van der Waals surface area contributed by atoms with Gasteiger partial charge in [-0.1, -0.05) is 11.6 Å². The SMILES string of the molecule is COc1ccc(-c2ccc(C=C3C(=O)N(C)C(=O)N(C)C3=O)o2)cc1Cl. The Kier molecular flexibility index (Phi) is 4.56. The van der Waals surface area contributed by atoms with Crippen LogP contribution in [0, 0.1) is 0 Å². The maximum atomic E-state index is 12.2. The summed E-state index contributed by atoms with van der Waals surface area (Å²) in [7, 11) is 4.15. The number of nitrogens with zero attached hydrogens (tertiary/aromatic N) is 2. The van der Waals surface area contributed by atoms with Crippen molar-refractivity contribution in [3.63, 3.8) is 0 Å². The van der Waals surface area contributed by atoms with Gasteiger partial charge in [-0.15, -0.1) is 0 Å². The Morgan fingerprint density at radius 2 is 1.69 bits per heavy atom. The van der Waals surface area contributed by atoms with E-state index in [2.05, 4.69) is 0 Å². The lowest BCUT2D eigenvalue weighted by Gasteiger charge is -2.28. The van der Waals surface area contributed by atoms with Gasteiger partial charge < -0.3 is 9.15 Å². The summed E-state index contributed by atoms with van der Waals surface area (Å²) in [6, 6.07) is 7.82. The number of imide groups is 2. The highest BCUT2D eigenvalue weighted by Gasteiger charge is 2.38. The molecule has 0 spiro atoms. The molecule has 4 amide bonds. The van der Waals surface area contributed by atoms with Gasteiger partial charge in [-0.2, -0.15) is 0 Å². The smallest absolute Gasteiger partial charge is 0.333 e. The van der Waals surface area contributed by atoms with Crippen LogP contribution >= 0.6 is 11.6 Å². The second-order valence-corrected chi connectivity index (χ2v) is 6.03. The third-order valence-corrected chi connectivity index (χ3v) is 4.29. The van der Waals surface area contributed by atoms with E-state index in [4.69, 9.17) is 20.8 Å². The molecule has 3 rings (SSSR count). The van der Waals surface area contributed by atoms with Gasteiger partial charge in [-0.25, -0.2) is 4.79 Å². The zero-order valence-corrected chi connectivity index (χ0v) is 15.0. The highest BCUT2D eigenvalue weighted by atomic mass is 35.5. The van der Waals surface area contributed by atoms with E-state index in [1.165, 1.54) is 27.3 Å². The lowest BCUT2D eigenvalue weighted by atomic mass is 10.1. The number of hydrogen-bond acceptors (Lipinski definition) is 5. The normalized spacial score (nSPS) is 14.9. The van der Waals surface area contributed by atoms with E-state index in [1.807, 2.05) is 0 Å². The van der Waals surface area contributed by atoms with Gasteiger partial charge in [-0.05, 0) is 36.4 Å². The summed E-state index contributed by atoms with van der Waals surface area (Å²) >= 11 is 6.11. The van der Waals surface area contributed by atoms with Crippen molar-refractivity contribution >= 4 is 35.5 Å². The Balaban J connectivity index is 1.94. The summed E-state index contributed by atoms with van der Waals surface area (Å²) in [5.41, 5.74) is 0.564. The first-order chi connectivity index (χ1) is 12.3. The van der Waals surface area contributed by atoms with Gasteiger partial charge in [0.15, 0.2) is 0 Å². The molecule has 7 nitrogen and oxygen atoms in total. The molecule has 2 aromatic rings. The molecule has 2 heterocycles. The fraction of sp³-hybridized carbons (Fsp3) is 0.167. The number of methoxy groups -OCH3 is 1. The first kappa shape index (κ1) is 17.8. The molecule has 1 saturated heterocycles. The van der Waals surface area contributed by atoms with Crippen LogP contribution in [0.2, 0.25) is 5.02 Å². The van der Waals surface area contributed by atoms with Crippen LogP contribution in [-0.4, -0.2) is 48.9 Å². The first-order valence-corrected chi connectivity index (χ1v) is 7.96. The molecule has 0 bridgehead atoms. The molecule has 26 heavy (non-hydrogen) atoms. The number of hydrogen-bond donors (Lipinski definition) is 0. The van der Waals surface area contributed by atoms with E-state index in [0.717, 1.165) is 9.80 Å². The second-order valence-electron chi connectivity index (χ2n) is 5.62. The van der Waals surface area contributed by atoms with Crippen molar-refractivity contribution in [2.45, 2.75) is 0 Å². The number of urea groups is 1. The van der Waals surface area contributed by atoms with Crippen molar-refractivity contribution in [1.29, 1.82) is 0 Å². The summed E-state index contributed by atoms with van der Waals surface area (Å²) in [5.74, 6) is 0.000208. The van der Waals surface area contributed by atoms with E-state index in [-0.39, 0.29) is 5.57 Å². The number of halogens is 1. The number of carbonyl (C=O) groups excluding carboxylic acids is 3. The highest BCUT2D eigenvalue weighted by molar-refractivity contribution is 6.32. The molecule has 1 aliphatic heterocycles. The van der Waals surface area contributed by atoms with Crippen molar-refractivity contribution in [2.75, 3.05) is 21.2 Å². The number of barbiturate groups is 1. The van der Waals surface area contributed by atoms with Crippen LogP contribution in [0.4, 0.5) is 4.79 Å². The van der Waals surface area contributed by atoms with Crippen molar-refractivity contribution in [2.24, 2.45) is 0 Å². The van der Waals surface area contributed by atoms with Gasteiger partial charge in [0, 0.05) is 19.7 Å². The summed E-state index contributed by atoms with van der Waals surface area (Å²) in [6.45, 7) is 0. The standard InChI is InChI=1S/C18H15ClN2O5/c1-20-16(22)12(17(23)21(2)18(20)24)9-11-5-7-14(26-11)10-4-6-15(25-3)13(19)8-10/h4-9H,1-3H3. The van der Waals surface area contributed by atoms with Crippen LogP contribution in [0.5, 0.6) is 5.75 Å². The number of amides is 4. The Morgan fingerprint density at radius 3 is 2.27 bits per heavy atom. The number of benzene rings is 1. The number of furan rings is 1. The maximum Gasteiger partial charge on any atom is 0.333 e. The fourth-order valence-corrected chi connectivity index (χ4v) is 2.78. The van der Waals surface area contributed by atoms with Crippen molar-refractivity contribution < 1.29 is 23.5 Å². The summed E-state index contributed by atoms with van der Waals surface area (Å²) < 4.78 is 10.8. The van der Waals surface area contributed by atoms with Crippen LogP contribution in [0.3, 0.4) is 0 Å². The van der Waals surface area contributed by atoms with Crippen molar-refractivity contribution in [3.8, 4) is 17.1 Å². The number of ether oxygens (including phenoxy) is 1. The minimum Gasteiger partial charge on any atom is -0.495 e. The molecule has 0 radical (unpaired) electrons. The molecule has 0 atom stereocenters. The van der Waals surface area contributed by atoms with Crippen LogP contribution in [0.15, 0.2) is 40.3 Å². The quantitative estimate of drug-likeness (QED) is 0.609. The minimum absolute atomic E-state index is 0.150. The van der Waals surface area contributed by atoms with Crippen molar-refractivity contribution in [3.05, 3.63) is 46.7 Å². The molecule has 134 valence electrons. The summed E-state index contributed by atoms with van der Waals surface area (Å²) in [5, 5.41) is 0.431. The van der Waals surface area contributed by atoms with Crippen molar-refractivity contribution in [1.82, 2.24) is 9.80 Å². The predicted molar refractivity (Wildman–Crippen MR) is 94.6 cm³/mol. The number of likely N-dealkylation sites (N-methyl/N-ethyl adjacent to an activating group) is 2. The van der Waals surface area contributed by atoms with Crippen LogP contribution in [-0.2, 0) is 9.59 Å². The molecule has 1 aliphatic rings. The molecule has 8 heteroatoms. The molecular weight excluding hydrogens is 360 g/mol. The van der Waals surface area contributed by atoms with Gasteiger partial charge in [0.2, 0.25) is 0 Å². The fourth-order valence-electron chi connectivity index (χ4n) is 2.52. The predicted octanol–water partition coefficient (Wildman–Crippen LogP) is 3.04. The zero-order chi connectivity index (χ0) is 19.0. The highest BCUT2D eigenvalue weighted by Crippen LogP contribution is 2.31. The third kappa shape index (κ3) is 2.97. The molecule has 1 fully saturated rings. The van der Waals surface area contributed by atoms with Crippen LogP contribution in [0.25, 0.3) is 17.4 Å². The molecular formula is C18H15ClN2O5. The average Bonchev–Trinajstić information content (AvgIpc) is 3.10. The van der Waals surface area contributed by atoms with E-state index in [1.54, 1.807) is 30.3 Å². The Hall–Kier alpha value is -3.06. The summed E-state index contributed by atoms with van der Waals surface area (Å²) in [6.07, 6.45) is 1.32. The van der Waals surface area contributed by atoms with Gasteiger partial charge >= 0.3 is 6.03 Å².